The van der Waals surface area contributed by atoms with E-state index in [1.165, 1.54) is 17.3 Å². The quantitative estimate of drug-likeness (QED) is 0.610. The molecule has 1 saturated heterocycles. The van der Waals surface area contributed by atoms with Crippen LogP contribution >= 0.6 is 0 Å². The highest BCUT2D eigenvalue weighted by Crippen LogP contribution is 2.51. The van der Waals surface area contributed by atoms with E-state index in [-0.39, 0.29) is 11.2 Å². The summed E-state index contributed by atoms with van der Waals surface area (Å²) in [5.74, 6) is -0.510. The molecule has 3 aromatic heterocycles. The summed E-state index contributed by atoms with van der Waals surface area (Å²) in [6.07, 6.45) is 11.4. The number of ketones is 1. The van der Waals surface area contributed by atoms with E-state index in [0.717, 1.165) is 30.4 Å². The van der Waals surface area contributed by atoms with Gasteiger partial charge in [-0.15, -0.1) is 0 Å². The number of anilines is 1. The molecule has 0 aromatic carbocycles. The van der Waals surface area contributed by atoms with Crippen molar-refractivity contribution in [2.45, 2.75) is 58.6 Å². The van der Waals surface area contributed by atoms with Crippen molar-refractivity contribution in [1.82, 2.24) is 24.5 Å². The molecular formula is C24H28N6O3. The van der Waals surface area contributed by atoms with E-state index in [1.54, 1.807) is 26.2 Å². The van der Waals surface area contributed by atoms with Gasteiger partial charge in [0.1, 0.15) is 11.1 Å². The van der Waals surface area contributed by atoms with Crippen LogP contribution < -0.4 is 4.90 Å². The van der Waals surface area contributed by atoms with Crippen LogP contribution in [0.25, 0.3) is 11.0 Å². The summed E-state index contributed by atoms with van der Waals surface area (Å²) in [6, 6.07) is 1.95. The Morgan fingerprint density at radius 2 is 1.94 bits per heavy atom. The number of fused-ring (bicyclic) bond motifs is 1. The smallest absolute Gasteiger partial charge is 0.296 e. The van der Waals surface area contributed by atoms with Crippen molar-refractivity contribution in [3.8, 4) is 0 Å². The highest BCUT2D eigenvalue weighted by atomic mass is 16.3. The molecule has 9 heteroatoms. The third-order valence-corrected chi connectivity index (χ3v) is 7.10. The minimum absolute atomic E-state index is 0.155. The molecule has 1 spiro atoms. The van der Waals surface area contributed by atoms with Gasteiger partial charge in [0.2, 0.25) is 5.78 Å². The van der Waals surface area contributed by atoms with E-state index in [2.05, 4.69) is 31.4 Å². The fraction of sp³-hybridized carbons (Fsp3) is 0.500. The van der Waals surface area contributed by atoms with Crippen LogP contribution in [0.4, 0.5) is 5.82 Å². The Bertz CT molecular complexity index is 1230. The van der Waals surface area contributed by atoms with E-state index in [0.29, 0.717) is 30.9 Å². The minimum Gasteiger partial charge on any atom is -0.384 e. The number of aromatic nitrogens is 5. The molecule has 2 aliphatic rings. The molecule has 1 amide bonds. The number of rotatable bonds is 4. The van der Waals surface area contributed by atoms with Crippen LogP contribution in [0.1, 0.15) is 52.1 Å². The van der Waals surface area contributed by atoms with E-state index in [4.69, 9.17) is 0 Å². The molecule has 5 rings (SSSR count). The normalized spacial score (nSPS) is 26.0. The molecule has 172 valence electrons. The zero-order valence-electron chi connectivity index (χ0n) is 19.2. The summed E-state index contributed by atoms with van der Waals surface area (Å²) >= 11 is 0. The van der Waals surface area contributed by atoms with E-state index < -0.39 is 16.9 Å². The van der Waals surface area contributed by atoms with Crippen LogP contribution in [-0.4, -0.2) is 47.8 Å². The summed E-state index contributed by atoms with van der Waals surface area (Å²) in [5, 5.41) is 10.1. The van der Waals surface area contributed by atoms with Gasteiger partial charge in [-0.3, -0.25) is 24.5 Å². The number of Topliss-reactive ketones (excluding diaryl/α,β-unsaturated/α-hetero) is 1. The van der Waals surface area contributed by atoms with Crippen molar-refractivity contribution in [3.63, 3.8) is 0 Å². The Kier molecular flexibility index (Phi) is 4.86. The molecule has 9 nitrogen and oxygen atoms in total. The second kappa shape index (κ2) is 7.41. The fourth-order valence-corrected chi connectivity index (χ4v) is 5.52. The van der Waals surface area contributed by atoms with Crippen molar-refractivity contribution in [1.29, 1.82) is 0 Å². The van der Waals surface area contributed by atoms with Crippen molar-refractivity contribution in [3.05, 3.63) is 42.9 Å². The van der Waals surface area contributed by atoms with Gasteiger partial charge in [0, 0.05) is 19.3 Å². The minimum atomic E-state index is -1.13. The number of pyridine rings is 1. The van der Waals surface area contributed by atoms with Gasteiger partial charge in [-0.05, 0) is 44.6 Å². The van der Waals surface area contributed by atoms with E-state index in [9.17, 15) is 14.7 Å². The number of aliphatic hydroxyl groups is 1. The highest BCUT2D eigenvalue weighted by Gasteiger charge is 2.56. The standard InChI is InChI=1S/C24H28N6O3/c1-22(2,33)18-10-27-19(11-26-18)30-14-24(20(31)21(30)32)7-4-6-23(3,12-24)13-29-15-28-16-9-25-8-5-17(16)29/h5,8-11,15,33H,4,6-7,12-14H2,1-3H3. The lowest BCUT2D eigenvalue weighted by Crippen LogP contribution is -2.42. The molecule has 4 heterocycles. The number of nitrogens with zero attached hydrogens (tertiary/aromatic N) is 6. The topological polar surface area (TPSA) is 114 Å². The first-order valence-electron chi connectivity index (χ1n) is 11.3. The fourth-order valence-electron chi connectivity index (χ4n) is 5.52. The number of carbonyl (C=O) groups is 2. The summed E-state index contributed by atoms with van der Waals surface area (Å²) in [5.41, 5.74) is 0.264. The van der Waals surface area contributed by atoms with Gasteiger partial charge >= 0.3 is 0 Å². The summed E-state index contributed by atoms with van der Waals surface area (Å²) in [7, 11) is 0. The Hall–Kier alpha value is -3.20. The molecule has 1 aliphatic heterocycles. The molecule has 33 heavy (non-hydrogen) atoms. The molecule has 2 atom stereocenters. The van der Waals surface area contributed by atoms with E-state index >= 15 is 0 Å². The summed E-state index contributed by atoms with van der Waals surface area (Å²) in [4.78, 5) is 44.9. The summed E-state index contributed by atoms with van der Waals surface area (Å²) < 4.78 is 2.12. The molecular weight excluding hydrogens is 420 g/mol. The number of amides is 1. The molecule has 3 aromatic rings. The van der Waals surface area contributed by atoms with Gasteiger partial charge in [-0.2, -0.15) is 0 Å². The number of hydrogen-bond donors (Lipinski definition) is 1. The monoisotopic (exact) mass is 448 g/mol. The first-order valence-corrected chi connectivity index (χ1v) is 11.3. The van der Waals surface area contributed by atoms with Crippen molar-refractivity contribution in [2.75, 3.05) is 11.4 Å². The maximum atomic E-state index is 13.3. The average Bonchev–Trinajstić information content (AvgIpc) is 3.28. The maximum absolute atomic E-state index is 13.3. The zero-order chi connectivity index (χ0) is 23.4. The largest absolute Gasteiger partial charge is 0.384 e. The Labute approximate surface area is 191 Å². The lowest BCUT2D eigenvalue weighted by atomic mass is 9.61. The Balaban J connectivity index is 1.40. The average molecular weight is 449 g/mol. The van der Waals surface area contributed by atoms with Crippen molar-refractivity contribution in [2.24, 2.45) is 10.8 Å². The van der Waals surface area contributed by atoms with Gasteiger partial charge < -0.3 is 9.67 Å². The second-order valence-corrected chi connectivity index (χ2v) is 10.4. The molecule has 1 N–H and O–H groups in total. The molecule has 1 saturated carbocycles. The van der Waals surface area contributed by atoms with Crippen molar-refractivity contribution >= 4 is 28.5 Å². The first-order chi connectivity index (χ1) is 15.6. The second-order valence-electron chi connectivity index (χ2n) is 10.4. The Morgan fingerprint density at radius 1 is 1.12 bits per heavy atom. The van der Waals surface area contributed by atoms with Crippen LogP contribution in [0.15, 0.2) is 37.2 Å². The van der Waals surface area contributed by atoms with Crippen LogP contribution in [-0.2, 0) is 21.7 Å². The lowest BCUT2D eigenvalue weighted by molar-refractivity contribution is -0.140. The number of carbonyl (C=O) groups excluding carboxylic acids is 2. The highest BCUT2D eigenvalue weighted by molar-refractivity contribution is 6.45. The van der Waals surface area contributed by atoms with Gasteiger partial charge in [-0.25, -0.2) is 9.97 Å². The molecule has 2 unspecified atom stereocenters. The first kappa shape index (κ1) is 21.6. The molecule has 1 aliphatic carbocycles. The molecule has 0 bridgehead atoms. The van der Waals surface area contributed by atoms with Crippen molar-refractivity contribution < 1.29 is 14.7 Å². The van der Waals surface area contributed by atoms with Crippen LogP contribution in [0.5, 0.6) is 0 Å². The predicted molar refractivity (Wildman–Crippen MR) is 121 cm³/mol. The predicted octanol–water partition coefficient (Wildman–Crippen LogP) is 2.63. The van der Waals surface area contributed by atoms with Gasteiger partial charge in [0.25, 0.3) is 5.91 Å². The van der Waals surface area contributed by atoms with Gasteiger partial charge in [-0.1, -0.05) is 13.3 Å². The third kappa shape index (κ3) is 3.70. The summed E-state index contributed by atoms with van der Waals surface area (Å²) in [6.45, 7) is 6.47. The SMILES string of the molecule is CC1(Cn2cnc3cnccc32)CCCC2(CN(c3cnc(C(C)(C)O)cn3)C(=O)C2=O)C1. The van der Waals surface area contributed by atoms with Crippen LogP contribution in [0.3, 0.4) is 0 Å². The van der Waals surface area contributed by atoms with Gasteiger partial charge in [0.15, 0.2) is 5.82 Å². The molecule has 0 radical (unpaired) electrons. The van der Waals surface area contributed by atoms with E-state index in [1.807, 2.05) is 12.4 Å². The zero-order valence-corrected chi connectivity index (χ0v) is 19.2. The van der Waals surface area contributed by atoms with Gasteiger partial charge in [0.05, 0.1) is 41.5 Å². The molecule has 2 fully saturated rings. The lowest BCUT2D eigenvalue weighted by Gasteiger charge is -2.43. The Morgan fingerprint density at radius 3 is 2.67 bits per heavy atom. The third-order valence-electron chi connectivity index (χ3n) is 7.10. The van der Waals surface area contributed by atoms with Crippen LogP contribution in [0, 0.1) is 10.8 Å². The van der Waals surface area contributed by atoms with Crippen LogP contribution in [0.2, 0.25) is 0 Å². The number of imidazole rings is 1. The number of hydrogen-bond acceptors (Lipinski definition) is 7. The maximum Gasteiger partial charge on any atom is 0.296 e.